The highest BCUT2D eigenvalue weighted by Gasteiger charge is 2.07. The Morgan fingerprint density at radius 1 is 1.47 bits per heavy atom. The number of nitriles is 1. The largest absolute Gasteiger partial charge is 0.301 e. The molecule has 0 saturated heterocycles. The van der Waals surface area contributed by atoms with Crippen LogP contribution < -0.4 is 0 Å². The summed E-state index contributed by atoms with van der Waals surface area (Å²) in [6.45, 7) is 3.61. The molecule has 0 amide bonds. The lowest BCUT2D eigenvalue weighted by Crippen LogP contribution is -2.23. The molecule has 0 fully saturated rings. The van der Waals surface area contributed by atoms with E-state index in [1.54, 1.807) is 0 Å². The number of rotatable bonds is 4. The van der Waals surface area contributed by atoms with Crippen LogP contribution >= 0.6 is 15.9 Å². The van der Waals surface area contributed by atoms with Gasteiger partial charge in [-0.25, -0.2) is 0 Å². The van der Waals surface area contributed by atoms with Crippen molar-refractivity contribution in [1.29, 1.82) is 5.26 Å². The van der Waals surface area contributed by atoms with Gasteiger partial charge in [-0.2, -0.15) is 5.26 Å². The molecule has 0 aliphatic rings. The lowest BCUT2D eigenvalue weighted by atomic mass is 10.1. The second-order valence-corrected chi connectivity index (χ2v) is 4.67. The van der Waals surface area contributed by atoms with Crippen molar-refractivity contribution in [1.82, 2.24) is 4.90 Å². The van der Waals surface area contributed by atoms with Gasteiger partial charge < -0.3 is 4.90 Å². The Bertz CT molecular complexity index is 357. The molecule has 0 aromatic heterocycles. The third-order valence-electron chi connectivity index (χ3n) is 2.20. The van der Waals surface area contributed by atoms with Crippen molar-refractivity contribution in [3.8, 4) is 6.07 Å². The lowest BCUT2D eigenvalue weighted by Gasteiger charge is -2.18. The van der Waals surface area contributed by atoms with Crippen LogP contribution in [0.5, 0.6) is 0 Å². The van der Waals surface area contributed by atoms with E-state index in [0.717, 1.165) is 17.6 Å². The Kier molecular flexibility index (Phi) is 4.80. The monoisotopic (exact) mass is 266 g/mol. The molecule has 0 radical (unpaired) electrons. The summed E-state index contributed by atoms with van der Waals surface area (Å²) in [5.74, 6) is 0.0810. The van der Waals surface area contributed by atoms with Gasteiger partial charge in [0.05, 0.1) is 12.0 Å². The van der Waals surface area contributed by atoms with E-state index in [-0.39, 0.29) is 5.92 Å². The number of hydrogen-bond donors (Lipinski definition) is 0. The van der Waals surface area contributed by atoms with E-state index in [4.69, 9.17) is 5.26 Å². The first-order chi connectivity index (χ1) is 7.13. The third-order valence-corrected chi connectivity index (χ3v) is 2.98. The van der Waals surface area contributed by atoms with Crippen LogP contribution in [-0.4, -0.2) is 18.5 Å². The highest BCUT2D eigenvalue weighted by Crippen LogP contribution is 2.17. The van der Waals surface area contributed by atoms with Crippen molar-refractivity contribution in [2.75, 3.05) is 13.6 Å². The van der Waals surface area contributed by atoms with E-state index in [1.165, 1.54) is 5.56 Å². The van der Waals surface area contributed by atoms with Crippen LogP contribution in [0.1, 0.15) is 12.5 Å². The maximum Gasteiger partial charge on any atom is 0.0666 e. The lowest BCUT2D eigenvalue weighted by molar-refractivity contribution is 0.302. The summed E-state index contributed by atoms with van der Waals surface area (Å²) in [7, 11) is 2.04. The van der Waals surface area contributed by atoms with Crippen molar-refractivity contribution >= 4 is 15.9 Å². The molecule has 0 saturated carbocycles. The SMILES string of the molecule is CC(C#N)CN(C)Cc1ccccc1Br. The Balaban J connectivity index is 2.56. The Labute approximate surface area is 99.6 Å². The molecular weight excluding hydrogens is 252 g/mol. The van der Waals surface area contributed by atoms with Gasteiger partial charge in [-0.3, -0.25) is 0 Å². The molecule has 0 heterocycles. The molecule has 15 heavy (non-hydrogen) atoms. The van der Waals surface area contributed by atoms with E-state index in [1.807, 2.05) is 32.2 Å². The average molecular weight is 267 g/mol. The second-order valence-electron chi connectivity index (χ2n) is 3.82. The fourth-order valence-corrected chi connectivity index (χ4v) is 1.90. The average Bonchev–Trinajstić information content (AvgIpc) is 2.21. The molecule has 3 heteroatoms. The highest BCUT2D eigenvalue weighted by molar-refractivity contribution is 9.10. The molecule has 0 bridgehead atoms. The van der Waals surface area contributed by atoms with Crippen LogP contribution in [0, 0.1) is 17.2 Å². The highest BCUT2D eigenvalue weighted by atomic mass is 79.9. The van der Waals surface area contributed by atoms with Crippen LogP contribution in [0.15, 0.2) is 28.7 Å². The number of hydrogen-bond acceptors (Lipinski definition) is 2. The predicted molar refractivity (Wildman–Crippen MR) is 65.3 cm³/mol. The Hall–Kier alpha value is -0.850. The summed E-state index contributed by atoms with van der Waals surface area (Å²) >= 11 is 3.52. The van der Waals surface area contributed by atoms with Crippen LogP contribution in [0.3, 0.4) is 0 Å². The van der Waals surface area contributed by atoms with Crippen LogP contribution in [0.2, 0.25) is 0 Å². The van der Waals surface area contributed by atoms with Crippen molar-refractivity contribution < 1.29 is 0 Å². The summed E-state index contributed by atoms with van der Waals surface area (Å²) in [5.41, 5.74) is 1.25. The van der Waals surface area contributed by atoms with E-state index < -0.39 is 0 Å². The van der Waals surface area contributed by atoms with Gasteiger partial charge in [0.1, 0.15) is 0 Å². The molecule has 0 aliphatic carbocycles. The molecule has 1 aromatic carbocycles. The normalized spacial score (nSPS) is 12.5. The van der Waals surface area contributed by atoms with Crippen LogP contribution in [0.25, 0.3) is 0 Å². The molecule has 80 valence electrons. The van der Waals surface area contributed by atoms with Gasteiger partial charge in [-0.05, 0) is 25.6 Å². The zero-order chi connectivity index (χ0) is 11.3. The molecule has 1 rings (SSSR count). The molecule has 0 aliphatic heterocycles. The minimum absolute atomic E-state index is 0.0810. The van der Waals surface area contributed by atoms with Gasteiger partial charge in [0.15, 0.2) is 0 Å². The Morgan fingerprint density at radius 2 is 2.13 bits per heavy atom. The Morgan fingerprint density at radius 3 is 2.73 bits per heavy atom. The molecule has 0 N–H and O–H groups in total. The summed E-state index contributed by atoms with van der Waals surface area (Å²) in [4.78, 5) is 2.16. The smallest absolute Gasteiger partial charge is 0.0666 e. The number of nitrogens with zero attached hydrogens (tertiary/aromatic N) is 2. The first-order valence-corrected chi connectivity index (χ1v) is 5.74. The predicted octanol–water partition coefficient (Wildman–Crippen LogP) is 3.04. The topological polar surface area (TPSA) is 27.0 Å². The van der Waals surface area contributed by atoms with Gasteiger partial charge in [0.2, 0.25) is 0 Å². The molecule has 2 nitrogen and oxygen atoms in total. The fraction of sp³-hybridized carbons (Fsp3) is 0.417. The van der Waals surface area contributed by atoms with Gasteiger partial charge in [-0.15, -0.1) is 0 Å². The van der Waals surface area contributed by atoms with Crippen molar-refractivity contribution in [3.05, 3.63) is 34.3 Å². The standard InChI is InChI=1S/C12H15BrN2/c1-10(7-14)8-15(2)9-11-5-3-4-6-12(11)13/h3-6,10H,8-9H2,1-2H3. The molecule has 1 aromatic rings. The summed E-state index contributed by atoms with van der Waals surface area (Å²) < 4.78 is 1.13. The van der Waals surface area contributed by atoms with E-state index in [0.29, 0.717) is 0 Å². The first kappa shape index (κ1) is 12.2. The second kappa shape index (κ2) is 5.89. The maximum absolute atomic E-state index is 8.72. The van der Waals surface area contributed by atoms with Gasteiger partial charge in [0.25, 0.3) is 0 Å². The first-order valence-electron chi connectivity index (χ1n) is 4.95. The van der Waals surface area contributed by atoms with E-state index in [2.05, 4.69) is 33.0 Å². The fourth-order valence-electron chi connectivity index (χ4n) is 1.49. The number of halogens is 1. The third kappa shape index (κ3) is 4.03. The van der Waals surface area contributed by atoms with Crippen molar-refractivity contribution in [2.24, 2.45) is 5.92 Å². The quantitative estimate of drug-likeness (QED) is 0.838. The van der Waals surface area contributed by atoms with Crippen LogP contribution in [0.4, 0.5) is 0 Å². The zero-order valence-electron chi connectivity index (χ0n) is 9.07. The zero-order valence-corrected chi connectivity index (χ0v) is 10.7. The van der Waals surface area contributed by atoms with Gasteiger partial charge in [0, 0.05) is 17.6 Å². The van der Waals surface area contributed by atoms with Crippen LogP contribution in [-0.2, 0) is 6.54 Å². The number of benzene rings is 1. The summed E-state index contributed by atoms with van der Waals surface area (Å²) in [6, 6.07) is 10.4. The summed E-state index contributed by atoms with van der Waals surface area (Å²) in [5, 5.41) is 8.72. The van der Waals surface area contributed by atoms with Crippen molar-refractivity contribution in [3.63, 3.8) is 0 Å². The molecule has 0 spiro atoms. The van der Waals surface area contributed by atoms with E-state index >= 15 is 0 Å². The minimum atomic E-state index is 0.0810. The van der Waals surface area contributed by atoms with Gasteiger partial charge in [-0.1, -0.05) is 34.1 Å². The maximum atomic E-state index is 8.72. The van der Waals surface area contributed by atoms with Crippen molar-refractivity contribution in [2.45, 2.75) is 13.5 Å². The molecule has 1 atom stereocenters. The molecular formula is C12H15BrN2. The van der Waals surface area contributed by atoms with E-state index in [9.17, 15) is 0 Å². The summed E-state index contributed by atoms with van der Waals surface area (Å²) in [6.07, 6.45) is 0. The van der Waals surface area contributed by atoms with Gasteiger partial charge >= 0.3 is 0 Å². The molecule has 1 unspecified atom stereocenters. The minimum Gasteiger partial charge on any atom is -0.301 e.